The molecule has 1 aromatic heterocycles. The SMILES string of the molecule is CC(=O)CCCS(=O)(=O)NC(=O)CCC(=O)c1ncn[nH]1. The summed E-state index contributed by atoms with van der Waals surface area (Å²) in [6.45, 7) is 1.36. The zero-order valence-electron chi connectivity index (χ0n) is 11.5. The van der Waals surface area contributed by atoms with Gasteiger partial charge < -0.3 is 4.79 Å². The van der Waals surface area contributed by atoms with E-state index in [4.69, 9.17) is 0 Å². The Morgan fingerprint density at radius 2 is 1.95 bits per heavy atom. The van der Waals surface area contributed by atoms with Crippen LogP contribution in [0, 0.1) is 0 Å². The predicted octanol–water partition coefficient (Wildman–Crippen LogP) is -0.417. The van der Waals surface area contributed by atoms with Gasteiger partial charge in [0.05, 0.1) is 5.75 Å². The van der Waals surface area contributed by atoms with Gasteiger partial charge in [0.15, 0.2) is 11.6 Å². The Morgan fingerprint density at radius 1 is 1.24 bits per heavy atom. The molecule has 2 N–H and O–H groups in total. The number of Topliss-reactive ketones (excluding diaryl/α,β-unsaturated/α-hetero) is 2. The number of aromatic nitrogens is 3. The standard InChI is InChI=1S/C11H16N4O5S/c1-8(16)3-2-6-21(19,20)15-10(18)5-4-9(17)11-12-7-13-14-11/h7H,2-6H2,1H3,(H,15,18)(H,12,13,14). The smallest absolute Gasteiger partial charge is 0.234 e. The first-order valence-corrected chi connectivity index (χ1v) is 7.87. The average molecular weight is 316 g/mol. The first-order chi connectivity index (χ1) is 9.80. The number of H-pyrrole nitrogens is 1. The number of ketones is 2. The molecule has 1 heterocycles. The molecule has 10 heteroatoms. The quantitative estimate of drug-likeness (QED) is 0.590. The molecule has 0 atom stereocenters. The number of hydrogen-bond donors (Lipinski definition) is 2. The molecular formula is C11H16N4O5S. The number of hydrogen-bond acceptors (Lipinski definition) is 7. The second-order valence-electron chi connectivity index (χ2n) is 4.41. The number of nitrogens with one attached hydrogen (secondary N) is 2. The molecule has 0 fully saturated rings. The lowest BCUT2D eigenvalue weighted by molar-refractivity contribution is -0.119. The fourth-order valence-electron chi connectivity index (χ4n) is 1.47. The minimum atomic E-state index is -3.78. The van der Waals surface area contributed by atoms with Crippen molar-refractivity contribution in [2.24, 2.45) is 0 Å². The molecule has 0 bridgehead atoms. The molecule has 1 amide bonds. The number of rotatable bonds is 9. The van der Waals surface area contributed by atoms with Crippen LogP contribution < -0.4 is 4.72 Å². The molecule has 116 valence electrons. The van der Waals surface area contributed by atoms with Crippen molar-refractivity contribution in [3.63, 3.8) is 0 Å². The third-order valence-corrected chi connectivity index (χ3v) is 3.83. The molecule has 0 radical (unpaired) electrons. The van der Waals surface area contributed by atoms with Gasteiger partial charge in [-0.15, -0.1) is 0 Å². The summed E-state index contributed by atoms with van der Waals surface area (Å²) < 4.78 is 24.9. The van der Waals surface area contributed by atoms with Crippen molar-refractivity contribution >= 4 is 27.5 Å². The fourth-order valence-corrected chi connectivity index (χ4v) is 2.55. The molecule has 0 aliphatic heterocycles. The maximum Gasteiger partial charge on any atom is 0.234 e. The number of carbonyl (C=O) groups is 3. The topological polar surface area (TPSA) is 139 Å². The van der Waals surface area contributed by atoms with Crippen LogP contribution in [-0.4, -0.2) is 46.8 Å². The molecule has 0 unspecified atom stereocenters. The van der Waals surface area contributed by atoms with Crippen LogP contribution in [0.5, 0.6) is 0 Å². The second kappa shape index (κ2) is 7.62. The molecule has 0 aliphatic carbocycles. The first kappa shape index (κ1) is 17.0. The van der Waals surface area contributed by atoms with Gasteiger partial charge in [-0.05, 0) is 13.3 Å². The van der Waals surface area contributed by atoms with Gasteiger partial charge in [-0.2, -0.15) is 5.10 Å². The van der Waals surface area contributed by atoms with E-state index in [-0.39, 0.29) is 43.0 Å². The van der Waals surface area contributed by atoms with E-state index in [2.05, 4.69) is 15.2 Å². The van der Waals surface area contributed by atoms with Gasteiger partial charge in [0.2, 0.25) is 15.9 Å². The lowest BCUT2D eigenvalue weighted by Gasteiger charge is -2.05. The molecular weight excluding hydrogens is 300 g/mol. The van der Waals surface area contributed by atoms with E-state index in [0.29, 0.717) is 0 Å². The van der Waals surface area contributed by atoms with Gasteiger partial charge in [0.25, 0.3) is 0 Å². The van der Waals surface area contributed by atoms with E-state index < -0.39 is 21.7 Å². The maximum absolute atomic E-state index is 11.5. The van der Waals surface area contributed by atoms with Gasteiger partial charge in [-0.1, -0.05) is 0 Å². The molecule has 1 aromatic rings. The summed E-state index contributed by atoms with van der Waals surface area (Å²) >= 11 is 0. The Bertz CT molecular complexity index is 609. The first-order valence-electron chi connectivity index (χ1n) is 6.21. The predicted molar refractivity (Wildman–Crippen MR) is 71.8 cm³/mol. The monoisotopic (exact) mass is 316 g/mol. The van der Waals surface area contributed by atoms with Crippen LogP contribution in [0.25, 0.3) is 0 Å². The van der Waals surface area contributed by atoms with Crippen LogP contribution in [-0.2, 0) is 19.6 Å². The van der Waals surface area contributed by atoms with Crippen LogP contribution in [0.1, 0.15) is 43.2 Å². The van der Waals surface area contributed by atoms with Gasteiger partial charge in [0.1, 0.15) is 12.1 Å². The van der Waals surface area contributed by atoms with Gasteiger partial charge in [0, 0.05) is 19.3 Å². The summed E-state index contributed by atoms with van der Waals surface area (Å²) in [5, 5.41) is 5.85. The number of amides is 1. The molecule has 9 nitrogen and oxygen atoms in total. The van der Waals surface area contributed by atoms with E-state index in [1.54, 1.807) is 0 Å². The Hall–Kier alpha value is -2.10. The van der Waals surface area contributed by atoms with Crippen molar-refractivity contribution in [1.82, 2.24) is 19.9 Å². The Morgan fingerprint density at radius 3 is 2.52 bits per heavy atom. The highest BCUT2D eigenvalue weighted by Crippen LogP contribution is 2.00. The van der Waals surface area contributed by atoms with Crippen molar-refractivity contribution < 1.29 is 22.8 Å². The minimum absolute atomic E-state index is 0.0205. The largest absolute Gasteiger partial charge is 0.300 e. The maximum atomic E-state index is 11.5. The summed E-state index contributed by atoms with van der Waals surface area (Å²) in [7, 11) is -3.78. The Labute approximate surface area is 121 Å². The van der Waals surface area contributed by atoms with E-state index in [0.717, 1.165) is 6.33 Å². The summed E-state index contributed by atoms with van der Waals surface area (Å²) in [6.07, 6.45) is 0.996. The minimum Gasteiger partial charge on any atom is -0.300 e. The Kier molecular flexibility index (Phi) is 6.15. The lowest BCUT2D eigenvalue weighted by atomic mass is 10.2. The fraction of sp³-hybridized carbons (Fsp3) is 0.545. The molecule has 0 saturated heterocycles. The summed E-state index contributed by atoms with van der Waals surface area (Å²) in [4.78, 5) is 37.3. The van der Waals surface area contributed by atoms with Gasteiger partial charge >= 0.3 is 0 Å². The van der Waals surface area contributed by atoms with Crippen LogP contribution in [0.15, 0.2) is 6.33 Å². The normalized spacial score (nSPS) is 11.1. The number of sulfonamides is 1. The highest BCUT2D eigenvalue weighted by molar-refractivity contribution is 7.90. The Balaban J connectivity index is 2.35. The second-order valence-corrected chi connectivity index (χ2v) is 6.25. The van der Waals surface area contributed by atoms with Crippen LogP contribution >= 0.6 is 0 Å². The lowest BCUT2D eigenvalue weighted by Crippen LogP contribution is -2.32. The van der Waals surface area contributed by atoms with Crippen molar-refractivity contribution in [1.29, 1.82) is 0 Å². The average Bonchev–Trinajstić information content (AvgIpc) is 2.88. The van der Waals surface area contributed by atoms with Crippen molar-refractivity contribution in [2.75, 3.05) is 5.75 Å². The third kappa shape index (κ3) is 6.75. The number of carbonyl (C=O) groups excluding carboxylic acids is 3. The van der Waals surface area contributed by atoms with Gasteiger partial charge in [-0.3, -0.25) is 19.4 Å². The van der Waals surface area contributed by atoms with E-state index in [9.17, 15) is 22.8 Å². The van der Waals surface area contributed by atoms with Gasteiger partial charge in [-0.25, -0.2) is 13.4 Å². The van der Waals surface area contributed by atoms with Crippen molar-refractivity contribution in [3.05, 3.63) is 12.2 Å². The highest BCUT2D eigenvalue weighted by Gasteiger charge is 2.17. The summed E-state index contributed by atoms with van der Waals surface area (Å²) in [5.41, 5.74) is 0. The third-order valence-electron chi connectivity index (χ3n) is 2.47. The van der Waals surface area contributed by atoms with E-state index >= 15 is 0 Å². The number of aromatic amines is 1. The molecule has 1 rings (SSSR count). The zero-order valence-corrected chi connectivity index (χ0v) is 12.3. The molecule has 0 saturated carbocycles. The number of nitrogens with zero attached hydrogens (tertiary/aromatic N) is 2. The zero-order chi connectivity index (χ0) is 15.9. The molecule has 0 aliphatic rings. The van der Waals surface area contributed by atoms with Crippen molar-refractivity contribution in [2.45, 2.75) is 32.6 Å². The molecule has 0 spiro atoms. The van der Waals surface area contributed by atoms with Crippen LogP contribution in [0.3, 0.4) is 0 Å². The summed E-state index contributed by atoms with van der Waals surface area (Å²) in [5.74, 6) is -1.61. The van der Waals surface area contributed by atoms with E-state index in [1.165, 1.54) is 6.92 Å². The van der Waals surface area contributed by atoms with Crippen LogP contribution in [0.4, 0.5) is 0 Å². The summed E-state index contributed by atoms with van der Waals surface area (Å²) in [6, 6.07) is 0. The molecule has 0 aromatic carbocycles. The van der Waals surface area contributed by atoms with Crippen LogP contribution in [0.2, 0.25) is 0 Å². The highest BCUT2D eigenvalue weighted by atomic mass is 32.2. The van der Waals surface area contributed by atoms with Crippen molar-refractivity contribution in [3.8, 4) is 0 Å². The van der Waals surface area contributed by atoms with E-state index in [1.807, 2.05) is 4.72 Å². The molecule has 21 heavy (non-hydrogen) atoms.